The Kier molecular flexibility index (Phi) is 3.60. The van der Waals surface area contributed by atoms with Gasteiger partial charge >= 0.3 is 6.21 Å². The number of rotatable bonds is 4. The van der Waals surface area contributed by atoms with Crippen molar-refractivity contribution in [1.29, 1.82) is 0 Å². The second-order valence-electron chi connectivity index (χ2n) is 2.67. The summed E-state index contributed by atoms with van der Waals surface area (Å²) in [7, 11) is 0. The minimum atomic E-state index is -0.161. The van der Waals surface area contributed by atoms with E-state index in [2.05, 4.69) is 10.1 Å². The third-order valence-corrected chi connectivity index (χ3v) is 1.73. The Bertz CT molecular complexity index is 205. The molecular formula is C7H11N3O2. The number of carbonyl (C=O) groups is 1. The van der Waals surface area contributed by atoms with Crippen LogP contribution in [0.4, 0.5) is 0 Å². The first-order valence-electron chi connectivity index (χ1n) is 3.84. The van der Waals surface area contributed by atoms with Gasteiger partial charge in [0.2, 0.25) is 5.78 Å². The van der Waals surface area contributed by atoms with E-state index < -0.39 is 0 Å². The highest BCUT2D eigenvalue weighted by atomic mass is 16.5. The third kappa shape index (κ3) is 2.92. The summed E-state index contributed by atoms with van der Waals surface area (Å²) in [4.78, 5) is 13.5. The van der Waals surface area contributed by atoms with Gasteiger partial charge in [-0.25, -0.2) is 0 Å². The molecule has 0 spiro atoms. The molecule has 12 heavy (non-hydrogen) atoms. The molecule has 1 atom stereocenters. The molecule has 0 aromatic carbocycles. The monoisotopic (exact) mass is 169 g/mol. The number of Topliss-reactive ketones (excluding diaryl/α,β-unsaturated/α-hetero) is 1. The Labute approximate surface area is 70.3 Å². The van der Waals surface area contributed by atoms with Crippen LogP contribution in [0.3, 0.4) is 0 Å². The van der Waals surface area contributed by atoms with Gasteiger partial charge in [0.15, 0.2) is 0 Å². The fourth-order valence-corrected chi connectivity index (χ4v) is 1.07. The highest BCUT2D eigenvalue weighted by molar-refractivity contribution is 6.25. The molecule has 0 bridgehead atoms. The Morgan fingerprint density at radius 3 is 3.25 bits per heavy atom. The van der Waals surface area contributed by atoms with Gasteiger partial charge < -0.3 is 10.3 Å². The van der Waals surface area contributed by atoms with Gasteiger partial charge in [-0.3, -0.25) is 10.1 Å². The third-order valence-electron chi connectivity index (χ3n) is 1.73. The minimum absolute atomic E-state index is 0.161. The second-order valence-corrected chi connectivity index (χ2v) is 2.67. The minimum Gasteiger partial charge on any atom is -0.365 e. The van der Waals surface area contributed by atoms with E-state index in [0.717, 1.165) is 12.6 Å². The zero-order valence-corrected chi connectivity index (χ0v) is 6.69. The Morgan fingerprint density at radius 1 is 1.83 bits per heavy atom. The van der Waals surface area contributed by atoms with E-state index in [9.17, 15) is 4.79 Å². The summed E-state index contributed by atoms with van der Waals surface area (Å²) in [6.07, 6.45) is 2.05. The van der Waals surface area contributed by atoms with E-state index in [1.165, 1.54) is 0 Å². The predicted octanol–water partition coefficient (Wildman–Crippen LogP) is -0.418. The molecule has 1 aliphatic heterocycles. The SMILES string of the molecule is [N-]=[N+]=CC(=O)CC[C@H]1COCN1. The Morgan fingerprint density at radius 2 is 2.67 bits per heavy atom. The van der Waals surface area contributed by atoms with E-state index in [1.54, 1.807) is 0 Å². The van der Waals surface area contributed by atoms with Crippen molar-refractivity contribution in [2.24, 2.45) is 0 Å². The highest BCUT2D eigenvalue weighted by Crippen LogP contribution is 2.02. The number of nitrogens with zero attached hydrogens (tertiary/aromatic N) is 2. The maximum atomic E-state index is 10.8. The molecule has 1 heterocycles. The lowest BCUT2D eigenvalue weighted by molar-refractivity contribution is -0.116. The maximum Gasteiger partial charge on any atom is 0.323 e. The van der Waals surface area contributed by atoms with Crippen LogP contribution >= 0.6 is 0 Å². The Hall–Kier alpha value is -1.03. The summed E-state index contributed by atoms with van der Waals surface area (Å²) < 4.78 is 5.04. The summed E-state index contributed by atoms with van der Waals surface area (Å²) in [6.45, 7) is 1.22. The van der Waals surface area contributed by atoms with Crippen molar-refractivity contribution in [2.45, 2.75) is 18.9 Å². The normalized spacial score (nSPS) is 21.8. The second kappa shape index (κ2) is 4.77. The van der Waals surface area contributed by atoms with Crippen LogP contribution in [0.15, 0.2) is 0 Å². The van der Waals surface area contributed by atoms with Crippen molar-refractivity contribution in [2.75, 3.05) is 13.3 Å². The number of carbonyl (C=O) groups excluding carboxylic acids is 1. The van der Waals surface area contributed by atoms with Crippen molar-refractivity contribution < 1.29 is 14.3 Å². The van der Waals surface area contributed by atoms with Crippen LogP contribution in [0.5, 0.6) is 0 Å². The molecule has 0 saturated carbocycles. The Balaban J connectivity index is 2.15. The van der Waals surface area contributed by atoms with E-state index in [1.807, 2.05) is 0 Å². The standard InChI is InChI=1S/C7H11N3O2/c8-10-3-7(11)2-1-6-4-12-5-9-6/h3,6,9H,1-2,4-5H2/t6-/m0/s1. The molecule has 5 nitrogen and oxygen atoms in total. The van der Waals surface area contributed by atoms with Crippen LogP contribution in [0.1, 0.15) is 12.8 Å². The first-order valence-corrected chi connectivity index (χ1v) is 3.84. The molecule has 0 aromatic heterocycles. The largest absolute Gasteiger partial charge is 0.365 e. The number of ether oxygens (including phenoxy) is 1. The van der Waals surface area contributed by atoms with Gasteiger partial charge in [0.25, 0.3) is 0 Å². The lowest BCUT2D eigenvalue weighted by atomic mass is 10.1. The van der Waals surface area contributed by atoms with Gasteiger partial charge in [0, 0.05) is 12.5 Å². The average Bonchev–Trinajstić information content (AvgIpc) is 2.53. The van der Waals surface area contributed by atoms with E-state index in [-0.39, 0.29) is 11.8 Å². The lowest BCUT2D eigenvalue weighted by Gasteiger charge is -2.03. The van der Waals surface area contributed by atoms with Crippen LogP contribution in [0.25, 0.3) is 5.53 Å². The van der Waals surface area contributed by atoms with Gasteiger partial charge in [0.05, 0.1) is 13.3 Å². The van der Waals surface area contributed by atoms with Gasteiger partial charge in [-0.2, -0.15) is 4.79 Å². The quantitative estimate of drug-likeness (QED) is 0.353. The fraction of sp³-hybridized carbons (Fsp3) is 0.714. The average molecular weight is 169 g/mol. The molecule has 1 fully saturated rings. The molecule has 0 aromatic rings. The summed E-state index contributed by atoms with van der Waals surface area (Å²) in [5.74, 6) is -0.161. The van der Waals surface area contributed by atoms with Gasteiger partial charge in [-0.1, -0.05) is 0 Å². The summed E-state index contributed by atoms with van der Waals surface area (Å²) >= 11 is 0. The van der Waals surface area contributed by atoms with E-state index in [0.29, 0.717) is 19.8 Å². The molecule has 1 aliphatic rings. The summed E-state index contributed by atoms with van der Waals surface area (Å²) in [5.41, 5.74) is 8.04. The number of hydrogen-bond acceptors (Lipinski definition) is 3. The van der Waals surface area contributed by atoms with Crippen molar-refractivity contribution in [3.63, 3.8) is 0 Å². The molecule has 1 saturated heterocycles. The molecule has 0 aliphatic carbocycles. The van der Waals surface area contributed by atoms with Gasteiger partial charge in [0.1, 0.15) is 0 Å². The molecular weight excluding hydrogens is 158 g/mol. The van der Waals surface area contributed by atoms with Crippen molar-refractivity contribution >= 4 is 12.0 Å². The topological polar surface area (TPSA) is 74.7 Å². The van der Waals surface area contributed by atoms with Crippen molar-refractivity contribution in [3.05, 3.63) is 5.53 Å². The van der Waals surface area contributed by atoms with Crippen LogP contribution < -0.4 is 5.32 Å². The molecule has 1 rings (SSSR count). The number of nitrogens with one attached hydrogen (secondary N) is 1. The van der Waals surface area contributed by atoms with Crippen LogP contribution in [0, 0.1) is 0 Å². The van der Waals surface area contributed by atoms with Crippen LogP contribution in [-0.2, 0) is 9.53 Å². The van der Waals surface area contributed by atoms with Crippen molar-refractivity contribution in [3.8, 4) is 0 Å². The summed E-state index contributed by atoms with van der Waals surface area (Å²) in [5, 5.41) is 3.07. The highest BCUT2D eigenvalue weighted by Gasteiger charge is 2.15. The molecule has 5 heteroatoms. The van der Waals surface area contributed by atoms with E-state index in [4.69, 9.17) is 10.3 Å². The van der Waals surface area contributed by atoms with Crippen LogP contribution in [-0.4, -0.2) is 36.2 Å². The van der Waals surface area contributed by atoms with E-state index >= 15 is 0 Å². The smallest absolute Gasteiger partial charge is 0.323 e. The maximum absolute atomic E-state index is 10.8. The lowest BCUT2D eigenvalue weighted by Crippen LogP contribution is -2.24. The number of hydrogen-bond donors (Lipinski definition) is 1. The number of ketones is 1. The first-order chi connectivity index (χ1) is 5.83. The molecule has 66 valence electrons. The zero-order valence-electron chi connectivity index (χ0n) is 6.69. The molecule has 0 radical (unpaired) electrons. The predicted molar refractivity (Wildman–Crippen MR) is 41.7 cm³/mol. The molecule has 0 amide bonds. The zero-order chi connectivity index (χ0) is 8.81. The molecule has 1 N–H and O–H groups in total. The molecule has 0 unspecified atom stereocenters. The fourth-order valence-electron chi connectivity index (χ4n) is 1.07. The summed E-state index contributed by atoms with van der Waals surface area (Å²) in [6, 6.07) is 0.265. The van der Waals surface area contributed by atoms with Gasteiger partial charge in [-0.15, -0.1) is 0 Å². The van der Waals surface area contributed by atoms with Crippen molar-refractivity contribution in [1.82, 2.24) is 5.32 Å². The first kappa shape index (κ1) is 9.06. The van der Waals surface area contributed by atoms with Crippen LogP contribution in [0.2, 0.25) is 0 Å². The van der Waals surface area contributed by atoms with Gasteiger partial charge in [-0.05, 0) is 6.42 Å².